The third-order valence-electron chi connectivity index (χ3n) is 3.50. The maximum Gasteiger partial charge on any atom is 0.310 e. The predicted octanol–water partition coefficient (Wildman–Crippen LogP) is 2.75. The van der Waals surface area contributed by atoms with Crippen molar-refractivity contribution in [1.82, 2.24) is 0 Å². The number of nitro benzene ring substituents is 1. The van der Waals surface area contributed by atoms with Gasteiger partial charge < -0.3 is 4.74 Å². The molecule has 1 unspecified atom stereocenters. The first-order valence-electron chi connectivity index (χ1n) is 7.47. The fourth-order valence-electron chi connectivity index (χ4n) is 2.14. The van der Waals surface area contributed by atoms with Gasteiger partial charge >= 0.3 is 5.97 Å². The quantitative estimate of drug-likeness (QED) is 0.426. The predicted molar refractivity (Wildman–Crippen MR) is 90.6 cm³/mol. The van der Waals surface area contributed by atoms with Gasteiger partial charge in [0.15, 0.2) is 9.84 Å². The Morgan fingerprint density at radius 1 is 1.12 bits per heavy atom. The SMILES string of the molecule is CC(CS(=O)(=O)c1ccc([N+](=O)[O-])cc1)C(=O)OCc1ccccc1. The Morgan fingerprint density at radius 2 is 1.72 bits per heavy atom. The molecule has 0 saturated carbocycles. The number of ether oxygens (including phenoxy) is 1. The first-order chi connectivity index (χ1) is 11.8. The summed E-state index contributed by atoms with van der Waals surface area (Å²) in [6.45, 7) is 1.54. The van der Waals surface area contributed by atoms with Gasteiger partial charge in [-0.3, -0.25) is 14.9 Å². The molecule has 0 heterocycles. The number of non-ortho nitro benzene ring substituents is 1. The summed E-state index contributed by atoms with van der Waals surface area (Å²) in [4.78, 5) is 21.9. The lowest BCUT2D eigenvalue weighted by atomic mass is 10.2. The lowest BCUT2D eigenvalue weighted by molar-refractivity contribution is -0.384. The topological polar surface area (TPSA) is 104 Å². The minimum atomic E-state index is -3.75. The van der Waals surface area contributed by atoms with Gasteiger partial charge in [-0.1, -0.05) is 37.3 Å². The van der Waals surface area contributed by atoms with E-state index in [9.17, 15) is 23.3 Å². The van der Waals surface area contributed by atoms with Crippen LogP contribution in [0, 0.1) is 16.0 Å². The Balaban J connectivity index is 1.98. The summed E-state index contributed by atoms with van der Waals surface area (Å²) >= 11 is 0. The summed E-state index contributed by atoms with van der Waals surface area (Å²) in [5.41, 5.74) is 0.607. The van der Waals surface area contributed by atoms with Gasteiger partial charge in [0.25, 0.3) is 5.69 Å². The van der Waals surface area contributed by atoms with E-state index in [1.54, 1.807) is 12.1 Å². The number of sulfone groups is 1. The normalized spacial score (nSPS) is 12.4. The van der Waals surface area contributed by atoms with E-state index < -0.39 is 32.4 Å². The summed E-state index contributed by atoms with van der Waals surface area (Å²) in [7, 11) is -3.75. The highest BCUT2D eigenvalue weighted by Gasteiger charge is 2.25. The van der Waals surface area contributed by atoms with E-state index in [0.717, 1.165) is 29.8 Å². The number of nitrogens with zero attached hydrogens (tertiary/aromatic N) is 1. The average molecular weight is 363 g/mol. The summed E-state index contributed by atoms with van der Waals surface area (Å²) in [5.74, 6) is -1.91. The average Bonchev–Trinajstić information content (AvgIpc) is 2.60. The van der Waals surface area contributed by atoms with E-state index >= 15 is 0 Å². The van der Waals surface area contributed by atoms with Gasteiger partial charge in [-0.05, 0) is 17.7 Å². The van der Waals surface area contributed by atoms with E-state index in [4.69, 9.17) is 4.74 Å². The van der Waals surface area contributed by atoms with Gasteiger partial charge in [0.1, 0.15) is 6.61 Å². The molecular formula is C17H17NO6S. The van der Waals surface area contributed by atoms with Crippen LogP contribution < -0.4 is 0 Å². The Kier molecular flexibility index (Phi) is 5.87. The number of benzene rings is 2. The van der Waals surface area contributed by atoms with Crippen molar-refractivity contribution in [2.45, 2.75) is 18.4 Å². The molecular weight excluding hydrogens is 346 g/mol. The van der Waals surface area contributed by atoms with Gasteiger partial charge in [0.2, 0.25) is 0 Å². The molecule has 2 aromatic carbocycles. The summed E-state index contributed by atoms with van der Waals surface area (Å²) in [6.07, 6.45) is 0. The molecule has 2 rings (SSSR count). The Labute approximate surface area is 145 Å². The molecule has 0 aliphatic heterocycles. The molecule has 132 valence electrons. The molecule has 0 spiro atoms. The van der Waals surface area contributed by atoms with Crippen molar-refractivity contribution in [1.29, 1.82) is 0 Å². The van der Waals surface area contributed by atoms with Crippen LogP contribution in [0.3, 0.4) is 0 Å². The van der Waals surface area contributed by atoms with Crippen LogP contribution in [0.15, 0.2) is 59.5 Å². The van der Waals surface area contributed by atoms with Crippen molar-refractivity contribution >= 4 is 21.5 Å². The third kappa shape index (κ3) is 5.12. The zero-order valence-electron chi connectivity index (χ0n) is 13.5. The van der Waals surface area contributed by atoms with Crippen LogP contribution in [0.25, 0.3) is 0 Å². The van der Waals surface area contributed by atoms with Crippen LogP contribution in [-0.4, -0.2) is 25.1 Å². The molecule has 1 atom stereocenters. The number of esters is 1. The first kappa shape index (κ1) is 18.6. The lowest BCUT2D eigenvalue weighted by Gasteiger charge is -2.12. The summed E-state index contributed by atoms with van der Waals surface area (Å²) in [5, 5.41) is 10.6. The van der Waals surface area contributed by atoms with Gasteiger partial charge in [0.05, 0.1) is 21.5 Å². The number of carbonyl (C=O) groups excluding carboxylic acids is 1. The van der Waals surface area contributed by atoms with E-state index in [1.807, 2.05) is 18.2 Å². The second kappa shape index (κ2) is 7.89. The number of rotatable bonds is 7. The molecule has 0 aliphatic carbocycles. The van der Waals surface area contributed by atoms with E-state index in [0.29, 0.717) is 0 Å². The van der Waals surface area contributed by atoms with Crippen LogP contribution in [-0.2, 0) is 26.0 Å². The largest absolute Gasteiger partial charge is 0.461 e. The zero-order valence-corrected chi connectivity index (χ0v) is 14.3. The molecule has 0 fully saturated rings. The maximum absolute atomic E-state index is 12.3. The van der Waals surface area contributed by atoms with E-state index in [1.165, 1.54) is 6.92 Å². The van der Waals surface area contributed by atoms with E-state index in [-0.39, 0.29) is 17.2 Å². The molecule has 7 nitrogen and oxygen atoms in total. The Morgan fingerprint density at radius 3 is 2.28 bits per heavy atom. The van der Waals surface area contributed by atoms with Crippen molar-refractivity contribution in [2.24, 2.45) is 5.92 Å². The Bertz CT molecular complexity index is 846. The maximum atomic E-state index is 12.3. The highest BCUT2D eigenvalue weighted by Crippen LogP contribution is 2.19. The van der Waals surface area contributed by atoms with Gasteiger partial charge in [-0.25, -0.2) is 8.42 Å². The zero-order chi connectivity index (χ0) is 18.4. The Hall–Kier alpha value is -2.74. The molecule has 0 aliphatic rings. The second-order valence-electron chi connectivity index (χ2n) is 5.53. The van der Waals surface area contributed by atoms with Crippen LogP contribution in [0.4, 0.5) is 5.69 Å². The molecule has 8 heteroatoms. The first-order valence-corrected chi connectivity index (χ1v) is 9.12. The molecule has 25 heavy (non-hydrogen) atoms. The number of hydrogen-bond acceptors (Lipinski definition) is 6. The van der Waals surface area contributed by atoms with Crippen molar-refractivity contribution in [3.63, 3.8) is 0 Å². The standard InChI is InChI=1S/C17H17NO6S/c1-13(17(19)24-11-14-5-3-2-4-6-14)12-25(22,23)16-9-7-15(8-10-16)18(20)21/h2-10,13H,11-12H2,1H3. The fourth-order valence-corrected chi connectivity index (χ4v) is 3.68. The smallest absolute Gasteiger partial charge is 0.310 e. The summed E-state index contributed by atoms with van der Waals surface area (Å²) < 4.78 is 29.8. The molecule has 0 N–H and O–H groups in total. The van der Waals surface area contributed by atoms with Crippen molar-refractivity contribution < 1.29 is 22.9 Å². The molecule has 0 bridgehead atoms. The monoisotopic (exact) mass is 363 g/mol. The molecule has 0 radical (unpaired) electrons. The highest BCUT2D eigenvalue weighted by atomic mass is 32.2. The van der Waals surface area contributed by atoms with Crippen LogP contribution in [0.5, 0.6) is 0 Å². The molecule has 0 aromatic heterocycles. The van der Waals surface area contributed by atoms with Crippen LogP contribution >= 0.6 is 0 Å². The van der Waals surface area contributed by atoms with E-state index in [2.05, 4.69) is 0 Å². The minimum Gasteiger partial charge on any atom is -0.461 e. The second-order valence-corrected chi connectivity index (χ2v) is 7.56. The van der Waals surface area contributed by atoms with Gasteiger partial charge in [-0.15, -0.1) is 0 Å². The fraction of sp³-hybridized carbons (Fsp3) is 0.235. The van der Waals surface area contributed by atoms with Crippen LogP contribution in [0.1, 0.15) is 12.5 Å². The third-order valence-corrected chi connectivity index (χ3v) is 5.43. The lowest BCUT2D eigenvalue weighted by Crippen LogP contribution is -2.23. The molecule has 0 saturated heterocycles. The summed E-state index contributed by atoms with van der Waals surface area (Å²) in [6, 6.07) is 13.6. The van der Waals surface area contributed by atoms with Gasteiger partial charge in [0, 0.05) is 12.1 Å². The van der Waals surface area contributed by atoms with Gasteiger partial charge in [-0.2, -0.15) is 0 Å². The van der Waals surface area contributed by atoms with Crippen molar-refractivity contribution in [3.8, 4) is 0 Å². The minimum absolute atomic E-state index is 0.0687. The van der Waals surface area contributed by atoms with Crippen molar-refractivity contribution in [2.75, 3.05) is 5.75 Å². The highest BCUT2D eigenvalue weighted by molar-refractivity contribution is 7.91. The molecule has 0 amide bonds. The van der Waals surface area contributed by atoms with Crippen LogP contribution in [0.2, 0.25) is 0 Å². The molecule has 2 aromatic rings. The number of hydrogen-bond donors (Lipinski definition) is 0. The number of nitro groups is 1. The van der Waals surface area contributed by atoms with Crippen molar-refractivity contribution in [3.05, 3.63) is 70.3 Å². The number of carbonyl (C=O) groups is 1.